The molecule has 0 aliphatic carbocycles. The number of para-hydroxylation sites is 1. The van der Waals surface area contributed by atoms with Crippen molar-refractivity contribution in [2.24, 2.45) is 0 Å². The van der Waals surface area contributed by atoms with E-state index >= 15 is 0 Å². The molecule has 8 nitrogen and oxygen atoms in total. The van der Waals surface area contributed by atoms with Gasteiger partial charge in [-0.15, -0.1) is 10.2 Å². The second-order valence-corrected chi connectivity index (χ2v) is 11.1. The minimum absolute atomic E-state index is 0.0494. The average Bonchev–Trinajstić information content (AvgIpc) is 3.48. The Kier molecular flexibility index (Phi) is 6.74. The van der Waals surface area contributed by atoms with Crippen molar-refractivity contribution in [3.8, 4) is 17.1 Å². The van der Waals surface area contributed by atoms with Gasteiger partial charge < -0.3 is 4.98 Å². The number of carbonyl (C=O) groups excluding carboxylic acids is 1. The molecule has 4 aromatic rings. The van der Waals surface area contributed by atoms with E-state index in [1.165, 1.54) is 30.2 Å². The number of thioether (sulfide) groups is 1. The zero-order valence-electron chi connectivity index (χ0n) is 19.3. The van der Waals surface area contributed by atoms with Crippen LogP contribution in [0.15, 0.2) is 70.8 Å². The van der Waals surface area contributed by atoms with Gasteiger partial charge in [0, 0.05) is 25.9 Å². The predicted octanol–water partition coefficient (Wildman–Crippen LogP) is 4.10. The molecular weight excluding hydrogens is 470 g/mol. The number of nitrogens with zero attached hydrogens (tertiary/aromatic N) is 4. The summed E-state index contributed by atoms with van der Waals surface area (Å²) in [5, 5.41) is 9.35. The molecule has 0 fully saturated rings. The smallest absolute Gasteiger partial charge is 0.242 e. The van der Waals surface area contributed by atoms with Gasteiger partial charge in [-0.05, 0) is 49.2 Å². The fraction of sp³-hybridized carbons (Fsp3) is 0.208. The number of sulfonamides is 1. The van der Waals surface area contributed by atoms with Gasteiger partial charge in [-0.3, -0.25) is 9.36 Å². The Bertz CT molecular complexity index is 1420. The topological polar surface area (TPSA) is 101 Å². The van der Waals surface area contributed by atoms with Crippen molar-refractivity contribution in [2.75, 3.05) is 19.8 Å². The molecule has 2 aromatic carbocycles. The van der Waals surface area contributed by atoms with Gasteiger partial charge in [0.25, 0.3) is 0 Å². The summed E-state index contributed by atoms with van der Waals surface area (Å²) in [7, 11) is -0.624. The van der Waals surface area contributed by atoms with E-state index in [-0.39, 0.29) is 16.4 Å². The molecule has 4 rings (SSSR count). The van der Waals surface area contributed by atoms with Crippen LogP contribution in [0.2, 0.25) is 0 Å². The van der Waals surface area contributed by atoms with E-state index in [1.807, 2.05) is 36.6 Å². The van der Waals surface area contributed by atoms with Gasteiger partial charge in [0.1, 0.15) is 0 Å². The van der Waals surface area contributed by atoms with Crippen molar-refractivity contribution in [1.82, 2.24) is 24.1 Å². The number of rotatable bonds is 8. The van der Waals surface area contributed by atoms with Crippen LogP contribution < -0.4 is 0 Å². The summed E-state index contributed by atoms with van der Waals surface area (Å²) in [5.41, 5.74) is 4.07. The van der Waals surface area contributed by atoms with E-state index < -0.39 is 10.0 Å². The minimum Gasteiger partial charge on any atom is -0.359 e. The van der Waals surface area contributed by atoms with Crippen LogP contribution in [0.3, 0.4) is 0 Å². The SMILES string of the molecule is Cc1cccc(C)c1-n1c(SCC(=O)c2ccc[nH]2)nnc1-c1cccc(S(=O)(=O)N(C)C)c1. The van der Waals surface area contributed by atoms with E-state index in [2.05, 4.69) is 15.2 Å². The fourth-order valence-electron chi connectivity index (χ4n) is 3.63. The summed E-state index contributed by atoms with van der Waals surface area (Å²) in [5.74, 6) is 0.633. The van der Waals surface area contributed by atoms with Crippen LogP contribution in [0.4, 0.5) is 0 Å². The van der Waals surface area contributed by atoms with Crippen molar-refractivity contribution in [3.63, 3.8) is 0 Å². The number of aromatic nitrogens is 4. The lowest BCUT2D eigenvalue weighted by Gasteiger charge is -2.16. The maximum Gasteiger partial charge on any atom is 0.242 e. The molecule has 34 heavy (non-hydrogen) atoms. The van der Waals surface area contributed by atoms with E-state index in [1.54, 1.807) is 42.6 Å². The maximum absolute atomic E-state index is 12.7. The van der Waals surface area contributed by atoms with Crippen LogP contribution in [-0.2, 0) is 10.0 Å². The molecular formula is C24H25N5O3S2. The second-order valence-electron chi connectivity index (χ2n) is 7.99. The van der Waals surface area contributed by atoms with Crippen molar-refractivity contribution in [3.05, 3.63) is 77.6 Å². The molecule has 0 saturated heterocycles. The second kappa shape index (κ2) is 9.57. The number of aromatic amines is 1. The average molecular weight is 496 g/mol. The van der Waals surface area contributed by atoms with Gasteiger partial charge in [0.05, 0.1) is 22.0 Å². The molecule has 0 amide bonds. The highest BCUT2D eigenvalue weighted by Crippen LogP contribution is 2.32. The van der Waals surface area contributed by atoms with Gasteiger partial charge in [-0.2, -0.15) is 0 Å². The summed E-state index contributed by atoms with van der Waals surface area (Å²) in [6.45, 7) is 4.00. The molecule has 0 aliphatic heterocycles. The quantitative estimate of drug-likeness (QED) is 0.292. The normalized spacial score (nSPS) is 11.8. The Balaban J connectivity index is 1.82. The number of aryl methyl sites for hydroxylation is 2. The third-order valence-corrected chi connectivity index (χ3v) is 8.14. The Morgan fingerprint density at radius 1 is 1.03 bits per heavy atom. The lowest BCUT2D eigenvalue weighted by molar-refractivity contribution is 0.101. The van der Waals surface area contributed by atoms with Crippen LogP contribution in [0, 0.1) is 13.8 Å². The fourth-order valence-corrected chi connectivity index (χ4v) is 5.40. The molecule has 2 heterocycles. The number of hydrogen-bond acceptors (Lipinski definition) is 6. The summed E-state index contributed by atoms with van der Waals surface area (Å²) < 4.78 is 28.5. The van der Waals surface area contributed by atoms with Crippen molar-refractivity contribution in [2.45, 2.75) is 23.9 Å². The molecule has 176 valence electrons. The number of Topliss-reactive ketones (excluding diaryl/α,β-unsaturated/α-hetero) is 1. The third kappa shape index (κ3) is 4.56. The highest BCUT2D eigenvalue weighted by molar-refractivity contribution is 7.99. The highest BCUT2D eigenvalue weighted by Gasteiger charge is 2.23. The Labute approximate surface area is 203 Å². The first-order chi connectivity index (χ1) is 16.2. The maximum atomic E-state index is 12.7. The summed E-state index contributed by atoms with van der Waals surface area (Å²) in [4.78, 5) is 15.7. The standard InChI is InChI=1S/C24H25N5O3S2/c1-16-8-5-9-17(2)22(16)29-23(18-10-6-11-19(14-18)34(31,32)28(3)4)26-27-24(29)33-15-21(30)20-12-7-13-25-20/h5-14,25H,15H2,1-4H3. The summed E-state index contributed by atoms with van der Waals surface area (Å²) in [6.07, 6.45) is 1.71. The van der Waals surface area contributed by atoms with Crippen LogP contribution in [0.1, 0.15) is 21.6 Å². The van der Waals surface area contributed by atoms with E-state index in [4.69, 9.17) is 0 Å². The number of carbonyl (C=O) groups is 1. The summed E-state index contributed by atoms with van der Waals surface area (Å²) >= 11 is 1.29. The molecule has 2 aromatic heterocycles. The van der Waals surface area contributed by atoms with Gasteiger partial charge in [0.15, 0.2) is 16.8 Å². The number of ketones is 1. The monoisotopic (exact) mass is 495 g/mol. The molecule has 0 radical (unpaired) electrons. The lowest BCUT2D eigenvalue weighted by atomic mass is 10.1. The third-order valence-electron chi connectivity index (χ3n) is 5.40. The Morgan fingerprint density at radius 3 is 2.38 bits per heavy atom. The van der Waals surface area contributed by atoms with Crippen LogP contribution in [0.5, 0.6) is 0 Å². The number of H-pyrrole nitrogens is 1. The number of hydrogen-bond donors (Lipinski definition) is 1. The first-order valence-electron chi connectivity index (χ1n) is 10.5. The van der Waals surface area contributed by atoms with Gasteiger partial charge >= 0.3 is 0 Å². The van der Waals surface area contributed by atoms with E-state index in [0.717, 1.165) is 16.8 Å². The molecule has 1 N–H and O–H groups in total. The van der Waals surface area contributed by atoms with Crippen LogP contribution >= 0.6 is 11.8 Å². The molecule has 0 bridgehead atoms. The van der Waals surface area contributed by atoms with Crippen LogP contribution in [-0.4, -0.2) is 58.1 Å². The molecule has 0 aliphatic rings. The van der Waals surface area contributed by atoms with E-state index in [9.17, 15) is 13.2 Å². The molecule has 0 saturated carbocycles. The molecule has 0 spiro atoms. The zero-order valence-corrected chi connectivity index (χ0v) is 20.9. The first kappa shape index (κ1) is 23.9. The van der Waals surface area contributed by atoms with E-state index in [0.29, 0.717) is 22.2 Å². The largest absolute Gasteiger partial charge is 0.359 e. The van der Waals surface area contributed by atoms with Crippen LogP contribution in [0.25, 0.3) is 17.1 Å². The highest BCUT2D eigenvalue weighted by atomic mass is 32.2. The molecule has 0 unspecified atom stereocenters. The first-order valence-corrected chi connectivity index (χ1v) is 13.0. The molecule has 0 atom stereocenters. The lowest BCUT2D eigenvalue weighted by Crippen LogP contribution is -2.22. The predicted molar refractivity (Wildman–Crippen MR) is 133 cm³/mol. The van der Waals surface area contributed by atoms with Crippen molar-refractivity contribution < 1.29 is 13.2 Å². The van der Waals surface area contributed by atoms with Crippen molar-refractivity contribution >= 4 is 27.6 Å². The number of nitrogens with one attached hydrogen (secondary N) is 1. The van der Waals surface area contributed by atoms with Gasteiger partial charge in [-0.25, -0.2) is 12.7 Å². The Hall–Kier alpha value is -3.21. The number of benzene rings is 2. The summed E-state index contributed by atoms with van der Waals surface area (Å²) in [6, 6.07) is 16.1. The van der Waals surface area contributed by atoms with Crippen molar-refractivity contribution in [1.29, 1.82) is 0 Å². The Morgan fingerprint density at radius 2 is 1.74 bits per heavy atom. The van der Waals surface area contributed by atoms with Gasteiger partial charge in [0.2, 0.25) is 10.0 Å². The van der Waals surface area contributed by atoms with Gasteiger partial charge in [-0.1, -0.05) is 42.1 Å². The molecule has 10 heteroatoms. The minimum atomic E-state index is -3.62. The zero-order chi connectivity index (χ0) is 24.5.